The molecule has 0 aliphatic heterocycles. The molecule has 0 aromatic heterocycles. The maximum atomic E-state index is 13.9. The topological polar surface area (TPSA) is 72.4 Å². The molecule has 1 fully saturated rings. The number of anilines is 1. The van der Waals surface area contributed by atoms with Crippen LogP contribution in [0.5, 0.6) is 0 Å². The van der Waals surface area contributed by atoms with Crippen molar-refractivity contribution in [3.05, 3.63) is 31.6 Å². The second-order valence-corrected chi connectivity index (χ2v) is 6.45. The van der Waals surface area contributed by atoms with Crippen LogP contribution >= 0.6 is 22.6 Å². The third-order valence-electron chi connectivity index (χ3n) is 4.19. The fraction of sp³-hybridized carbons (Fsp3) is 0.571. The van der Waals surface area contributed by atoms with E-state index in [-0.39, 0.29) is 15.3 Å². The maximum Gasteiger partial charge on any atom is 0.293 e. The van der Waals surface area contributed by atoms with Gasteiger partial charge in [-0.1, -0.05) is 6.42 Å². The summed E-state index contributed by atoms with van der Waals surface area (Å²) in [7, 11) is 0. The highest BCUT2D eigenvalue weighted by atomic mass is 127. The Balaban J connectivity index is 2.46. The van der Waals surface area contributed by atoms with Crippen molar-refractivity contribution in [1.82, 2.24) is 0 Å². The molecule has 1 aliphatic carbocycles. The SMILES string of the molecule is CCN(c1cc(F)c(I)cc1[N+](=O)[O-])C1CCCC1CN. The highest BCUT2D eigenvalue weighted by Gasteiger charge is 2.34. The summed E-state index contributed by atoms with van der Waals surface area (Å²) in [4.78, 5) is 12.8. The molecular formula is C14H19FIN3O2. The predicted molar refractivity (Wildman–Crippen MR) is 89.0 cm³/mol. The number of rotatable bonds is 5. The maximum absolute atomic E-state index is 13.9. The molecule has 0 spiro atoms. The molecular weight excluding hydrogens is 388 g/mol. The molecule has 1 aliphatic rings. The molecule has 2 rings (SSSR count). The van der Waals surface area contributed by atoms with Crippen molar-refractivity contribution in [2.75, 3.05) is 18.0 Å². The van der Waals surface area contributed by atoms with Crippen LogP contribution < -0.4 is 10.6 Å². The van der Waals surface area contributed by atoms with Crippen molar-refractivity contribution < 1.29 is 9.31 Å². The predicted octanol–water partition coefficient (Wildman–Crippen LogP) is 3.29. The normalized spacial score (nSPS) is 21.5. The Kier molecular flexibility index (Phi) is 5.37. The van der Waals surface area contributed by atoms with Crippen LogP contribution in [-0.4, -0.2) is 24.1 Å². The summed E-state index contributed by atoms with van der Waals surface area (Å²) in [5.41, 5.74) is 6.14. The van der Waals surface area contributed by atoms with Crippen LogP contribution in [0.4, 0.5) is 15.8 Å². The number of nitrogens with zero attached hydrogens (tertiary/aromatic N) is 2. The highest BCUT2D eigenvalue weighted by molar-refractivity contribution is 14.1. The van der Waals surface area contributed by atoms with Gasteiger partial charge in [0.05, 0.1) is 8.49 Å². The fourth-order valence-corrected chi connectivity index (χ4v) is 3.64. The zero-order valence-electron chi connectivity index (χ0n) is 11.9. The molecule has 1 saturated carbocycles. The number of nitrogens with two attached hydrogens (primary N) is 1. The van der Waals surface area contributed by atoms with E-state index in [1.165, 1.54) is 12.1 Å². The molecule has 0 bridgehead atoms. The van der Waals surface area contributed by atoms with E-state index >= 15 is 0 Å². The van der Waals surface area contributed by atoms with E-state index < -0.39 is 10.7 Å². The molecule has 0 saturated heterocycles. The minimum Gasteiger partial charge on any atom is -0.363 e. The van der Waals surface area contributed by atoms with E-state index in [4.69, 9.17) is 5.73 Å². The van der Waals surface area contributed by atoms with Crippen molar-refractivity contribution in [2.24, 2.45) is 11.7 Å². The summed E-state index contributed by atoms with van der Waals surface area (Å²) < 4.78 is 14.2. The van der Waals surface area contributed by atoms with Crippen LogP contribution in [0.15, 0.2) is 12.1 Å². The molecule has 116 valence electrons. The summed E-state index contributed by atoms with van der Waals surface area (Å²) in [5.74, 6) is -0.108. The number of hydrogen-bond acceptors (Lipinski definition) is 4. The Morgan fingerprint density at radius 2 is 2.24 bits per heavy atom. The van der Waals surface area contributed by atoms with Crippen molar-refractivity contribution in [3.63, 3.8) is 0 Å². The van der Waals surface area contributed by atoms with Gasteiger partial charge in [0.2, 0.25) is 0 Å². The third kappa shape index (κ3) is 3.28. The van der Waals surface area contributed by atoms with Gasteiger partial charge in [-0.25, -0.2) is 4.39 Å². The van der Waals surface area contributed by atoms with Crippen molar-refractivity contribution in [1.29, 1.82) is 0 Å². The lowest BCUT2D eigenvalue weighted by atomic mass is 10.0. The van der Waals surface area contributed by atoms with E-state index in [1.54, 1.807) is 22.6 Å². The average molecular weight is 407 g/mol. The zero-order chi connectivity index (χ0) is 15.6. The first-order chi connectivity index (χ1) is 9.99. The fourth-order valence-electron chi connectivity index (χ4n) is 3.19. The molecule has 2 unspecified atom stereocenters. The van der Waals surface area contributed by atoms with E-state index in [9.17, 15) is 14.5 Å². The summed E-state index contributed by atoms with van der Waals surface area (Å²) in [6.45, 7) is 3.09. The minimum atomic E-state index is -0.438. The van der Waals surface area contributed by atoms with Crippen LogP contribution in [-0.2, 0) is 0 Å². The minimum absolute atomic E-state index is 0.0367. The first-order valence-electron chi connectivity index (χ1n) is 7.09. The lowest BCUT2D eigenvalue weighted by Gasteiger charge is -2.33. The monoisotopic (exact) mass is 407 g/mol. The van der Waals surface area contributed by atoms with Gasteiger partial charge in [-0.15, -0.1) is 0 Å². The first kappa shape index (κ1) is 16.4. The molecule has 7 heteroatoms. The molecule has 0 radical (unpaired) electrons. The van der Waals surface area contributed by atoms with Gasteiger partial charge in [0.25, 0.3) is 5.69 Å². The van der Waals surface area contributed by atoms with Crippen LogP contribution in [0.1, 0.15) is 26.2 Å². The van der Waals surface area contributed by atoms with E-state index in [0.717, 1.165) is 19.3 Å². The van der Waals surface area contributed by atoms with Gasteiger partial charge in [-0.05, 0) is 54.8 Å². The van der Waals surface area contributed by atoms with E-state index in [2.05, 4.69) is 0 Å². The molecule has 1 aromatic rings. The molecule has 1 aromatic carbocycles. The van der Waals surface area contributed by atoms with Crippen molar-refractivity contribution >= 4 is 34.0 Å². The Bertz CT molecular complexity index is 541. The second kappa shape index (κ2) is 6.87. The third-order valence-corrected chi connectivity index (χ3v) is 5.01. The number of benzene rings is 1. The quantitative estimate of drug-likeness (QED) is 0.462. The van der Waals surface area contributed by atoms with E-state index in [0.29, 0.717) is 24.7 Å². The number of hydrogen-bond donors (Lipinski definition) is 1. The Morgan fingerprint density at radius 1 is 1.52 bits per heavy atom. The molecule has 5 nitrogen and oxygen atoms in total. The van der Waals surface area contributed by atoms with Crippen molar-refractivity contribution in [3.8, 4) is 0 Å². The van der Waals surface area contributed by atoms with Gasteiger partial charge in [-0.3, -0.25) is 10.1 Å². The summed E-state index contributed by atoms with van der Waals surface area (Å²) in [6.07, 6.45) is 3.03. The first-order valence-corrected chi connectivity index (χ1v) is 8.17. The molecule has 0 amide bonds. The van der Waals surface area contributed by atoms with Crippen LogP contribution in [0.3, 0.4) is 0 Å². The molecule has 0 heterocycles. The van der Waals surface area contributed by atoms with Gasteiger partial charge in [0.1, 0.15) is 11.5 Å². The molecule has 2 atom stereocenters. The summed E-state index contributed by atoms with van der Waals surface area (Å²) in [6, 6.07) is 2.74. The molecule has 21 heavy (non-hydrogen) atoms. The standard InChI is InChI=1S/C14H19FIN3O2/c1-2-18(12-5-3-4-9(12)8-17)13-6-10(15)11(16)7-14(13)19(20)21/h6-7,9,12H,2-5,8,17H2,1H3. The van der Waals surface area contributed by atoms with Crippen LogP contribution in [0, 0.1) is 25.4 Å². The smallest absolute Gasteiger partial charge is 0.293 e. The lowest BCUT2D eigenvalue weighted by molar-refractivity contribution is -0.384. The Morgan fingerprint density at radius 3 is 2.81 bits per heavy atom. The number of nitro groups is 1. The average Bonchev–Trinajstić information content (AvgIpc) is 2.91. The van der Waals surface area contributed by atoms with Crippen molar-refractivity contribution in [2.45, 2.75) is 32.2 Å². The van der Waals surface area contributed by atoms with E-state index in [1.807, 2.05) is 11.8 Å². The van der Waals surface area contributed by atoms with Gasteiger partial charge in [-0.2, -0.15) is 0 Å². The van der Waals surface area contributed by atoms with Gasteiger partial charge in [0, 0.05) is 24.7 Å². The highest BCUT2D eigenvalue weighted by Crippen LogP contribution is 2.38. The number of nitro benzene ring substituents is 1. The van der Waals surface area contributed by atoms with Gasteiger partial charge < -0.3 is 10.6 Å². The molecule has 2 N–H and O–H groups in total. The van der Waals surface area contributed by atoms with Crippen LogP contribution in [0.2, 0.25) is 0 Å². The summed E-state index contributed by atoms with van der Waals surface area (Å²) >= 11 is 1.78. The second-order valence-electron chi connectivity index (χ2n) is 5.29. The number of halogens is 2. The summed E-state index contributed by atoms with van der Waals surface area (Å²) in [5, 5.41) is 11.3. The van der Waals surface area contributed by atoms with Gasteiger partial charge >= 0.3 is 0 Å². The van der Waals surface area contributed by atoms with Crippen LogP contribution in [0.25, 0.3) is 0 Å². The lowest BCUT2D eigenvalue weighted by Crippen LogP contribution is -2.40. The van der Waals surface area contributed by atoms with Gasteiger partial charge in [0.15, 0.2) is 0 Å². The Labute approximate surface area is 137 Å². The largest absolute Gasteiger partial charge is 0.363 e. The Hall–Kier alpha value is -0.960. The zero-order valence-corrected chi connectivity index (χ0v) is 14.0.